The summed E-state index contributed by atoms with van der Waals surface area (Å²) in [6.45, 7) is 1.35. The van der Waals surface area contributed by atoms with Gasteiger partial charge in [0, 0.05) is 25.2 Å². The highest BCUT2D eigenvalue weighted by molar-refractivity contribution is 5.92. The fraction of sp³-hybridized carbons (Fsp3) is 0.320. The Hall–Kier alpha value is -3.05. The van der Waals surface area contributed by atoms with E-state index in [0.29, 0.717) is 24.7 Å². The predicted octanol–water partition coefficient (Wildman–Crippen LogP) is 4.14. The number of aromatic nitrogens is 2. The van der Waals surface area contributed by atoms with E-state index in [0.717, 1.165) is 23.1 Å². The molecule has 2 heterocycles. The lowest BCUT2D eigenvalue weighted by Gasteiger charge is -2.19. The van der Waals surface area contributed by atoms with Crippen LogP contribution in [0.3, 0.4) is 0 Å². The summed E-state index contributed by atoms with van der Waals surface area (Å²) in [5.74, 6) is 0.848. The molecule has 1 N–H and O–H groups in total. The van der Waals surface area contributed by atoms with Crippen molar-refractivity contribution in [3.8, 4) is 11.1 Å². The van der Waals surface area contributed by atoms with Crippen molar-refractivity contribution >= 4 is 5.91 Å². The molecule has 152 valence electrons. The normalized spacial score (nSPS) is 18.6. The number of benzene rings is 2. The number of likely N-dealkylation sites (tertiary alicyclic amines) is 1. The molecule has 5 rings (SSSR count). The van der Waals surface area contributed by atoms with Gasteiger partial charge in [-0.1, -0.05) is 36.4 Å². The van der Waals surface area contributed by atoms with Gasteiger partial charge in [-0.15, -0.1) is 0 Å². The molecule has 2 fully saturated rings. The minimum atomic E-state index is -0.0552. The molecule has 5 nitrogen and oxygen atoms in total. The van der Waals surface area contributed by atoms with Crippen LogP contribution in [0.1, 0.15) is 58.3 Å². The van der Waals surface area contributed by atoms with Gasteiger partial charge in [-0.05, 0) is 65.1 Å². The van der Waals surface area contributed by atoms with E-state index in [2.05, 4.69) is 52.4 Å². The van der Waals surface area contributed by atoms with Gasteiger partial charge in [0.15, 0.2) is 0 Å². The Labute approximate surface area is 176 Å². The molecule has 1 atom stereocenters. The molecule has 1 aromatic heterocycles. The molecule has 0 radical (unpaired) electrons. The van der Waals surface area contributed by atoms with Crippen molar-refractivity contribution in [1.82, 2.24) is 14.9 Å². The Morgan fingerprint density at radius 3 is 2.67 bits per heavy atom. The Bertz CT molecular complexity index is 1060. The maximum Gasteiger partial charge on any atom is 0.272 e. The zero-order chi connectivity index (χ0) is 20.5. The van der Waals surface area contributed by atoms with Crippen LogP contribution in [0.25, 0.3) is 11.1 Å². The molecule has 1 amide bonds. The van der Waals surface area contributed by atoms with E-state index < -0.39 is 0 Å². The average Bonchev–Trinajstić information content (AvgIpc) is 3.55. The molecule has 1 aliphatic heterocycles. The Balaban J connectivity index is 1.39. The summed E-state index contributed by atoms with van der Waals surface area (Å²) in [7, 11) is 0. The van der Waals surface area contributed by atoms with Crippen LogP contribution in [-0.2, 0) is 6.61 Å². The minimum absolute atomic E-state index is 0.00508. The molecule has 1 unspecified atom stereocenters. The SMILES string of the molecule is O=C(c1ccncn1)N1CCC(c2ccc(-c3ccccc3C3CC3)cc2CO)C1. The second kappa shape index (κ2) is 8.00. The van der Waals surface area contributed by atoms with Crippen molar-refractivity contribution < 1.29 is 9.90 Å². The summed E-state index contributed by atoms with van der Waals surface area (Å²) < 4.78 is 0. The van der Waals surface area contributed by atoms with Gasteiger partial charge in [0.1, 0.15) is 12.0 Å². The number of hydrogen-bond donors (Lipinski definition) is 1. The second-order valence-corrected chi connectivity index (χ2v) is 8.26. The molecule has 1 saturated carbocycles. The van der Waals surface area contributed by atoms with Crippen LogP contribution in [-0.4, -0.2) is 39.0 Å². The highest BCUT2D eigenvalue weighted by Crippen LogP contribution is 2.44. The zero-order valence-corrected chi connectivity index (χ0v) is 16.9. The van der Waals surface area contributed by atoms with Gasteiger partial charge in [-0.2, -0.15) is 0 Å². The number of hydrogen-bond acceptors (Lipinski definition) is 4. The van der Waals surface area contributed by atoms with Crippen molar-refractivity contribution in [2.24, 2.45) is 0 Å². The summed E-state index contributed by atoms with van der Waals surface area (Å²) in [5, 5.41) is 10.1. The fourth-order valence-corrected chi connectivity index (χ4v) is 4.60. The van der Waals surface area contributed by atoms with Crippen molar-refractivity contribution in [2.75, 3.05) is 13.1 Å². The molecular weight excluding hydrogens is 374 g/mol. The van der Waals surface area contributed by atoms with E-state index in [1.54, 1.807) is 12.3 Å². The molecule has 1 saturated heterocycles. The van der Waals surface area contributed by atoms with Gasteiger partial charge in [0.2, 0.25) is 0 Å². The summed E-state index contributed by atoms with van der Waals surface area (Å²) in [6, 6.07) is 16.7. The van der Waals surface area contributed by atoms with Crippen molar-refractivity contribution in [3.05, 3.63) is 83.4 Å². The van der Waals surface area contributed by atoms with Crippen molar-refractivity contribution in [3.63, 3.8) is 0 Å². The molecule has 1 aliphatic carbocycles. The van der Waals surface area contributed by atoms with E-state index in [1.807, 2.05) is 4.90 Å². The van der Waals surface area contributed by atoms with Gasteiger partial charge < -0.3 is 10.0 Å². The van der Waals surface area contributed by atoms with Crippen molar-refractivity contribution in [2.45, 2.75) is 37.7 Å². The Morgan fingerprint density at radius 2 is 1.90 bits per heavy atom. The van der Waals surface area contributed by atoms with Gasteiger partial charge in [-0.3, -0.25) is 4.79 Å². The first-order chi connectivity index (χ1) is 14.7. The van der Waals surface area contributed by atoms with Crippen LogP contribution < -0.4 is 0 Å². The Kier molecular flexibility index (Phi) is 5.05. The smallest absolute Gasteiger partial charge is 0.272 e. The number of aliphatic hydroxyl groups is 1. The number of carbonyl (C=O) groups excluding carboxylic acids is 1. The van der Waals surface area contributed by atoms with Gasteiger partial charge in [0.05, 0.1) is 6.61 Å². The molecule has 30 heavy (non-hydrogen) atoms. The highest BCUT2D eigenvalue weighted by Gasteiger charge is 2.30. The monoisotopic (exact) mass is 399 g/mol. The molecule has 5 heteroatoms. The summed E-state index contributed by atoms with van der Waals surface area (Å²) in [5.41, 5.74) is 6.38. The van der Waals surface area contributed by atoms with E-state index in [9.17, 15) is 9.90 Å². The van der Waals surface area contributed by atoms with E-state index in [4.69, 9.17) is 0 Å². The lowest BCUT2D eigenvalue weighted by atomic mass is 9.89. The number of carbonyl (C=O) groups is 1. The van der Waals surface area contributed by atoms with E-state index in [-0.39, 0.29) is 18.4 Å². The Morgan fingerprint density at radius 1 is 1.03 bits per heavy atom. The molecule has 0 bridgehead atoms. The first-order valence-corrected chi connectivity index (χ1v) is 10.6. The summed E-state index contributed by atoms with van der Waals surface area (Å²) >= 11 is 0. The third kappa shape index (κ3) is 3.61. The fourth-order valence-electron chi connectivity index (χ4n) is 4.60. The highest BCUT2D eigenvalue weighted by atomic mass is 16.3. The molecule has 2 aromatic carbocycles. The standard InChI is InChI=1S/C25H25N3O2/c29-15-20-13-18(23-4-2-1-3-22(23)17-5-6-17)7-8-21(20)19-10-12-28(14-19)25(30)24-9-11-26-16-27-24/h1-4,7-9,11,13,16-17,19,29H,5-6,10,12,14-15H2. The number of nitrogens with zero attached hydrogens (tertiary/aromatic N) is 3. The van der Waals surface area contributed by atoms with Gasteiger partial charge >= 0.3 is 0 Å². The molecular formula is C25H25N3O2. The summed E-state index contributed by atoms with van der Waals surface area (Å²) in [6.07, 6.45) is 6.42. The van der Waals surface area contributed by atoms with E-state index >= 15 is 0 Å². The first kappa shape index (κ1) is 18.9. The lowest BCUT2D eigenvalue weighted by Crippen LogP contribution is -2.29. The second-order valence-electron chi connectivity index (χ2n) is 8.26. The van der Waals surface area contributed by atoms with Gasteiger partial charge in [0.25, 0.3) is 5.91 Å². The lowest BCUT2D eigenvalue weighted by molar-refractivity contribution is 0.0784. The number of aliphatic hydroxyl groups excluding tert-OH is 1. The van der Waals surface area contributed by atoms with Crippen LogP contribution in [0.15, 0.2) is 61.1 Å². The van der Waals surface area contributed by atoms with Crippen LogP contribution in [0.5, 0.6) is 0 Å². The third-order valence-corrected chi connectivity index (χ3v) is 6.32. The minimum Gasteiger partial charge on any atom is -0.392 e. The quantitative estimate of drug-likeness (QED) is 0.700. The van der Waals surface area contributed by atoms with Crippen LogP contribution in [0.2, 0.25) is 0 Å². The summed E-state index contributed by atoms with van der Waals surface area (Å²) in [4.78, 5) is 22.5. The molecule has 0 spiro atoms. The molecule has 2 aliphatic rings. The van der Waals surface area contributed by atoms with Crippen molar-refractivity contribution in [1.29, 1.82) is 0 Å². The first-order valence-electron chi connectivity index (χ1n) is 10.6. The maximum atomic E-state index is 12.7. The average molecular weight is 399 g/mol. The van der Waals surface area contributed by atoms with Gasteiger partial charge in [-0.25, -0.2) is 9.97 Å². The molecule has 3 aromatic rings. The van der Waals surface area contributed by atoms with Crippen LogP contribution in [0.4, 0.5) is 0 Å². The third-order valence-electron chi connectivity index (χ3n) is 6.32. The van der Waals surface area contributed by atoms with Crippen LogP contribution in [0, 0.1) is 0 Å². The predicted molar refractivity (Wildman–Crippen MR) is 115 cm³/mol. The van der Waals surface area contributed by atoms with Crippen LogP contribution >= 0.6 is 0 Å². The number of amides is 1. The largest absolute Gasteiger partial charge is 0.392 e. The van der Waals surface area contributed by atoms with E-state index in [1.165, 1.54) is 30.3 Å². The number of rotatable bonds is 5. The topological polar surface area (TPSA) is 66.3 Å². The zero-order valence-electron chi connectivity index (χ0n) is 16.9. The maximum absolute atomic E-state index is 12.7.